The van der Waals surface area contributed by atoms with Crippen molar-refractivity contribution < 1.29 is 9.53 Å². The van der Waals surface area contributed by atoms with Crippen LogP contribution >= 0.6 is 39.1 Å². The number of esters is 1. The van der Waals surface area contributed by atoms with Crippen molar-refractivity contribution in [2.24, 2.45) is 10.2 Å². The number of ether oxygens (including phenoxy) is 1. The Kier molecular flexibility index (Phi) is 5.88. The van der Waals surface area contributed by atoms with Crippen LogP contribution in [-0.2, 0) is 9.53 Å². The van der Waals surface area contributed by atoms with Gasteiger partial charge >= 0.3 is 5.97 Å². The van der Waals surface area contributed by atoms with Crippen molar-refractivity contribution in [1.82, 2.24) is 0 Å². The molecule has 0 heterocycles. The first kappa shape index (κ1) is 14.4. The van der Waals surface area contributed by atoms with Crippen LogP contribution in [-0.4, -0.2) is 17.5 Å². The number of carbonyl (C=O) groups excluding carboxylic acids is 1. The Morgan fingerprint density at radius 1 is 1.47 bits per heavy atom. The first-order valence-corrected chi connectivity index (χ1v) is 6.38. The smallest absolute Gasteiger partial charge is 0.343 e. The molecule has 0 fully saturated rings. The van der Waals surface area contributed by atoms with Crippen molar-refractivity contribution in [2.45, 2.75) is 11.9 Å². The lowest BCUT2D eigenvalue weighted by Gasteiger charge is -2.02. The van der Waals surface area contributed by atoms with Crippen molar-refractivity contribution in [1.29, 1.82) is 0 Å². The maximum Gasteiger partial charge on any atom is 0.343 e. The second-order valence-electron chi connectivity index (χ2n) is 2.90. The van der Waals surface area contributed by atoms with Crippen LogP contribution in [0.15, 0.2) is 28.4 Å². The predicted octanol–water partition coefficient (Wildman–Crippen LogP) is 4.36. The average molecular weight is 340 g/mol. The van der Waals surface area contributed by atoms with Gasteiger partial charge in [0.15, 0.2) is 0 Å². The van der Waals surface area contributed by atoms with Gasteiger partial charge in [-0.1, -0.05) is 23.2 Å². The molecule has 0 bridgehead atoms. The number of rotatable bonds is 4. The molecular weight excluding hydrogens is 331 g/mol. The first-order chi connectivity index (χ1) is 8.04. The van der Waals surface area contributed by atoms with Gasteiger partial charge in [-0.15, -0.1) is 0 Å². The summed E-state index contributed by atoms with van der Waals surface area (Å²) in [5.74, 6) is -0.490. The van der Waals surface area contributed by atoms with E-state index in [0.29, 0.717) is 22.3 Å². The highest BCUT2D eigenvalue weighted by molar-refractivity contribution is 9.10. The fourth-order valence-corrected chi connectivity index (χ4v) is 1.44. The van der Waals surface area contributed by atoms with Crippen LogP contribution in [0.3, 0.4) is 0 Å². The molecule has 1 aromatic carbocycles. The molecule has 0 N–H and O–H groups in total. The summed E-state index contributed by atoms with van der Waals surface area (Å²) in [6, 6.07) is 4.80. The highest BCUT2D eigenvalue weighted by Crippen LogP contribution is 2.27. The number of hydrogen-bond donors (Lipinski definition) is 0. The minimum Gasteiger partial charge on any atom is -0.464 e. The number of alkyl halides is 1. The lowest BCUT2D eigenvalue weighted by molar-refractivity contribution is -0.142. The third-order valence-corrected chi connectivity index (χ3v) is 2.95. The van der Waals surface area contributed by atoms with Crippen molar-refractivity contribution in [3.63, 3.8) is 0 Å². The molecule has 0 spiro atoms. The highest BCUT2D eigenvalue weighted by atomic mass is 79.9. The molecule has 1 atom stereocenters. The van der Waals surface area contributed by atoms with Gasteiger partial charge in [-0.2, -0.15) is 10.2 Å². The van der Waals surface area contributed by atoms with Gasteiger partial charge in [0.1, 0.15) is 0 Å². The van der Waals surface area contributed by atoms with Crippen molar-refractivity contribution in [2.75, 3.05) is 6.61 Å². The first-order valence-electron chi connectivity index (χ1n) is 4.71. The van der Waals surface area contributed by atoms with Gasteiger partial charge in [0, 0.05) is 0 Å². The Labute approximate surface area is 117 Å². The fraction of sp³-hybridized carbons (Fsp3) is 0.300. The van der Waals surface area contributed by atoms with E-state index in [0.717, 1.165) is 0 Å². The second-order valence-corrected chi connectivity index (χ2v) is 4.58. The quantitative estimate of drug-likeness (QED) is 0.354. The summed E-state index contributed by atoms with van der Waals surface area (Å²) in [6.45, 7) is 2.01. The normalized spacial score (nSPS) is 12.7. The van der Waals surface area contributed by atoms with Gasteiger partial charge in [-0.25, -0.2) is 4.79 Å². The highest BCUT2D eigenvalue weighted by Gasteiger charge is 2.14. The zero-order valence-electron chi connectivity index (χ0n) is 8.86. The Bertz CT molecular complexity index is 440. The SMILES string of the molecule is CCOC(=O)C(Br)N=Nc1ccc(Cl)c(Cl)c1. The van der Waals surface area contributed by atoms with Gasteiger partial charge < -0.3 is 4.74 Å². The summed E-state index contributed by atoms with van der Waals surface area (Å²) in [6.07, 6.45) is 0. The third-order valence-electron chi connectivity index (χ3n) is 1.66. The topological polar surface area (TPSA) is 51.0 Å². The molecule has 0 saturated heterocycles. The lowest BCUT2D eigenvalue weighted by Crippen LogP contribution is -2.14. The molecule has 0 aliphatic carbocycles. The number of halogens is 3. The van der Waals surface area contributed by atoms with Crippen LogP contribution in [0.4, 0.5) is 5.69 Å². The van der Waals surface area contributed by atoms with Gasteiger partial charge in [0.05, 0.1) is 22.3 Å². The Balaban J connectivity index is 2.70. The Hall–Kier alpha value is -0.650. The van der Waals surface area contributed by atoms with Gasteiger partial charge in [0.2, 0.25) is 4.95 Å². The number of benzene rings is 1. The summed E-state index contributed by atoms with van der Waals surface area (Å²) in [4.78, 5) is 10.4. The lowest BCUT2D eigenvalue weighted by atomic mass is 10.3. The molecule has 0 aromatic heterocycles. The van der Waals surface area contributed by atoms with Crippen molar-refractivity contribution in [3.8, 4) is 0 Å². The molecule has 17 heavy (non-hydrogen) atoms. The van der Waals surface area contributed by atoms with Gasteiger partial charge in [-0.3, -0.25) is 0 Å². The number of azo groups is 1. The summed E-state index contributed by atoms with van der Waals surface area (Å²) in [5.41, 5.74) is 0.508. The number of hydrogen-bond acceptors (Lipinski definition) is 4. The minimum atomic E-state index is -0.822. The van der Waals surface area contributed by atoms with Crippen molar-refractivity contribution in [3.05, 3.63) is 28.2 Å². The average Bonchev–Trinajstić information content (AvgIpc) is 2.30. The Morgan fingerprint density at radius 3 is 2.76 bits per heavy atom. The molecule has 7 heteroatoms. The van der Waals surface area contributed by atoms with E-state index in [2.05, 4.69) is 26.2 Å². The zero-order chi connectivity index (χ0) is 12.8. The fourth-order valence-electron chi connectivity index (χ4n) is 0.923. The summed E-state index contributed by atoms with van der Waals surface area (Å²) in [5, 5.41) is 8.41. The molecule has 1 rings (SSSR count). The van der Waals surface area contributed by atoms with E-state index in [1.165, 1.54) is 0 Å². The van der Waals surface area contributed by atoms with E-state index < -0.39 is 10.9 Å². The minimum absolute atomic E-state index is 0.295. The van der Waals surface area contributed by atoms with E-state index in [4.69, 9.17) is 27.9 Å². The van der Waals surface area contributed by atoms with E-state index >= 15 is 0 Å². The molecule has 0 aliphatic rings. The predicted molar refractivity (Wildman–Crippen MR) is 70.3 cm³/mol. The van der Waals surface area contributed by atoms with E-state index in [1.807, 2.05) is 0 Å². The standard InChI is InChI=1S/C10H9BrCl2N2O2/c1-2-17-10(16)9(11)15-14-6-3-4-7(12)8(13)5-6/h3-5,9H,2H2,1H3. The summed E-state index contributed by atoms with van der Waals surface area (Å²) < 4.78 is 4.75. The van der Waals surface area contributed by atoms with Crippen LogP contribution in [0.2, 0.25) is 10.0 Å². The van der Waals surface area contributed by atoms with E-state index in [1.54, 1.807) is 25.1 Å². The van der Waals surface area contributed by atoms with Gasteiger partial charge in [-0.05, 0) is 41.1 Å². The summed E-state index contributed by atoms with van der Waals surface area (Å²) in [7, 11) is 0. The molecule has 4 nitrogen and oxygen atoms in total. The molecular formula is C10H9BrCl2N2O2. The molecule has 0 aliphatic heterocycles. The maximum absolute atomic E-state index is 11.2. The molecule has 0 amide bonds. The van der Waals surface area contributed by atoms with Crippen LogP contribution in [0, 0.1) is 0 Å². The number of carbonyl (C=O) groups is 1. The monoisotopic (exact) mass is 338 g/mol. The van der Waals surface area contributed by atoms with E-state index in [-0.39, 0.29) is 0 Å². The molecule has 0 radical (unpaired) electrons. The van der Waals surface area contributed by atoms with Crippen LogP contribution in [0.25, 0.3) is 0 Å². The molecule has 1 aromatic rings. The van der Waals surface area contributed by atoms with Crippen LogP contribution in [0.1, 0.15) is 6.92 Å². The zero-order valence-corrected chi connectivity index (χ0v) is 12.0. The largest absolute Gasteiger partial charge is 0.464 e. The second kappa shape index (κ2) is 6.93. The Morgan fingerprint density at radius 2 is 2.18 bits per heavy atom. The van der Waals surface area contributed by atoms with Crippen LogP contribution < -0.4 is 0 Å². The molecule has 0 saturated carbocycles. The maximum atomic E-state index is 11.2. The molecule has 92 valence electrons. The number of nitrogens with zero attached hydrogens (tertiary/aromatic N) is 2. The van der Waals surface area contributed by atoms with E-state index in [9.17, 15) is 4.79 Å². The van der Waals surface area contributed by atoms with Crippen LogP contribution in [0.5, 0.6) is 0 Å². The molecule has 1 unspecified atom stereocenters. The van der Waals surface area contributed by atoms with Crippen molar-refractivity contribution >= 4 is 50.8 Å². The summed E-state index contributed by atoms with van der Waals surface area (Å²) >= 11 is 14.6. The van der Waals surface area contributed by atoms with Gasteiger partial charge in [0.25, 0.3) is 0 Å². The third kappa shape index (κ3) is 4.61.